The van der Waals surface area contributed by atoms with Crippen molar-refractivity contribution in [2.75, 3.05) is 58.8 Å². The molecule has 0 saturated carbocycles. The highest BCUT2D eigenvalue weighted by atomic mass is 16.5. The number of aromatic nitrogens is 6. The third-order valence-electron chi connectivity index (χ3n) is 8.75. The molecule has 0 aliphatic carbocycles. The van der Waals surface area contributed by atoms with Gasteiger partial charge in [-0.15, -0.1) is 0 Å². The van der Waals surface area contributed by atoms with E-state index in [0.717, 1.165) is 71.7 Å². The summed E-state index contributed by atoms with van der Waals surface area (Å²) in [6, 6.07) is 18.3. The minimum atomic E-state index is 0.212. The summed E-state index contributed by atoms with van der Waals surface area (Å²) in [4.78, 5) is 33.3. The Labute approximate surface area is 306 Å². The zero-order chi connectivity index (χ0) is 37.5. The van der Waals surface area contributed by atoms with Gasteiger partial charge in [0.25, 0.3) is 0 Å². The van der Waals surface area contributed by atoms with E-state index in [4.69, 9.17) is 14.3 Å². The first kappa shape index (κ1) is 39.4. The fourth-order valence-electron chi connectivity index (χ4n) is 6.03. The molecule has 0 radical (unpaired) electrons. The van der Waals surface area contributed by atoms with E-state index in [0.29, 0.717) is 25.6 Å². The molecule has 276 valence electrons. The average molecular weight is 710 g/mol. The van der Waals surface area contributed by atoms with Gasteiger partial charge in [0, 0.05) is 81.8 Å². The topological polar surface area (TPSA) is 143 Å². The maximum Gasteiger partial charge on any atom is 0.237 e. The maximum atomic E-state index is 12.6. The molecule has 1 atom stereocenters. The highest BCUT2D eigenvalue weighted by molar-refractivity contribution is 5.94. The summed E-state index contributed by atoms with van der Waals surface area (Å²) >= 11 is 0. The van der Waals surface area contributed by atoms with E-state index < -0.39 is 0 Å². The van der Waals surface area contributed by atoms with Crippen molar-refractivity contribution in [2.24, 2.45) is 7.05 Å². The second-order valence-corrected chi connectivity index (χ2v) is 11.9. The predicted molar refractivity (Wildman–Crippen MR) is 206 cm³/mol. The van der Waals surface area contributed by atoms with Gasteiger partial charge >= 0.3 is 0 Å². The number of carbonyl (C=O) groups is 2. The predicted octanol–water partition coefficient (Wildman–Crippen LogP) is 5.73. The SMILES string of the molecule is C=O.CC.CCOc1ccc(-c2n[nH]c3ccc(NC)cc23)cn1.CO[C@H]1CCN(CC(=O)N2CC=C(c3ccc(-c4ncn(C)n4)cc3)CC2)C1. The summed E-state index contributed by atoms with van der Waals surface area (Å²) in [6.45, 7) is 12.3. The molecule has 1 amide bonds. The largest absolute Gasteiger partial charge is 0.478 e. The fourth-order valence-corrected chi connectivity index (χ4v) is 6.03. The number of hydrogen-bond donors (Lipinski definition) is 2. The summed E-state index contributed by atoms with van der Waals surface area (Å²) < 4.78 is 12.4. The molecule has 1 fully saturated rings. The van der Waals surface area contributed by atoms with Gasteiger partial charge in [-0.2, -0.15) is 10.2 Å². The molecule has 0 unspecified atom stereocenters. The van der Waals surface area contributed by atoms with Crippen LogP contribution in [-0.2, 0) is 21.4 Å². The number of nitrogens with one attached hydrogen (secondary N) is 2. The van der Waals surface area contributed by atoms with Gasteiger partial charge < -0.3 is 24.5 Å². The number of rotatable bonds is 9. The normalized spacial score (nSPS) is 15.3. The van der Waals surface area contributed by atoms with Gasteiger partial charge in [-0.05, 0) is 55.2 Å². The van der Waals surface area contributed by atoms with Crippen LogP contribution in [-0.4, -0.2) is 112 Å². The number of carbonyl (C=O) groups excluding carboxylic acids is 2. The standard InChI is InChI=1S/C21H27N5O2.C15H16N4O.C2H6.CH2O/c1-24-15-22-21(23-24)18-5-3-16(4-6-18)17-7-11-26(12-8-17)20(27)14-25-10-9-19(13-25)28-2;1-3-20-14-7-4-10(9-17-14)15-12-8-11(16-2)5-6-13(12)18-19-15;2*1-2/h3-7,15,19H,8-14H2,1-2H3;4-9,16H,3H2,1-2H3,(H,18,19);1-2H3;1H2/t19-;;;/m0.../s1. The molecule has 52 heavy (non-hydrogen) atoms. The number of pyridine rings is 1. The van der Waals surface area contributed by atoms with Crippen molar-refractivity contribution in [3.05, 3.63) is 78.8 Å². The van der Waals surface area contributed by atoms with Crippen molar-refractivity contribution in [3.63, 3.8) is 0 Å². The van der Waals surface area contributed by atoms with Crippen LogP contribution in [0.2, 0.25) is 0 Å². The quantitative estimate of drug-likeness (QED) is 0.195. The van der Waals surface area contributed by atoms with Crippen molar-refractivity contribution in [1.82, 2.24) is 39.7 Å². The lowest BCUT2D eigenvalue weighted by Gasteiger charge is -2.28. The smallest absolute Gasteiger partial charge is 0.237 e. The Kier molecular flexibility index (Phi) is 15.0. The first-order chi connectivity index (χ1) is 25.4. The number of likely N-dealkylation sites (tertiary alicyclic amines) is 1. The average Bonchev–Trinajstić information content (AvgIpc) is 3.97. The Morgan fingerprint density at radius 3 is 2.37 bits per heavy atom. The minimum absolute atomic E-state index is 0.212. The molecule has 7 rings (SSSR count). The second kappa shape index (κ2) is 19.8. The Hall–Kier alpha value is -5.40. The van der Waals surface area contributed by atoms with E-state index in [2.05, 4.69) is 71.9 Å². The summed E-state index contributed by atoms with van der Waals surface area (Å²) in [5, 5.41) is 16.0. The van der Waals surface area contributed by atoms with E-state index >= 15 is 0 Å². The van der Waals surface area contributed by atoms with Crippen LogP contribution in [0.15, 0.2) is 73.2 Å². The van der Waals surface area contributed by atoms with E-state index in [1.165, 1.54) is 11.1 Å². The molecule has 1 saturated heterocycles. The van der Waals surface area contributed by atoms with Crippen molar-refractivity contribution < 1.29 is 19.1 Å². The van der Waals surface area contributed by atoms with Gasteiger partial charge in [0.15, 0.2) is 5.82 Å². The molecular weight excluding hydrogens is 658 g/mol. The molecule has 2 aliphatic heterocycles. The molecule has 3 aromatic heterocycles. The highest BCUT2D eigenvalue weighted by Crippen LogP contribution is 2.29. The molecule has 13 nitrogen and oxygen atoms in total. The summed E-state index contributed by atoms with van der Waals surface area (Å²) in [5.74, 6) is 1.58. The Morgan fingerprint density at radius 2 is 1.77 bits per heavy atom. The Bertz CT molecular complexity index is 1870. The summed E-state index contributed by atoms with van der Waals surface area (Å²) in [5.41, 5.74) is 7.43. The third kappa shape index (κ3) is 10.1. The van der Waals surface area contributed by atoms with Crippen molar-refractivity contribution >= 4 is 34.9 Å². The first-order valence-electron chi connectivity index (χ1n) is 17.7. The Morgan fingerprint density at radius 1 is 1.02 bits per heavy atom. The van der Waals surface area contributed by atoms with Crippen LogP contribution in [0.1, 0.15) is 39.2 Å². The zero-order valence-electron chi connectivity index (χ0n) is 31.1. The van der Waals surface area contributed by atoms with Crippen LogP contribution in [0.3, 0.4) is 0 Å². The van der Waals surface area contributed by atoms with Gasteiger partial charge in [0.05, 0.1) is 24.8 Å². The molecular formula is C39H51N9O4. The van der Waals surface area contributed by atoms with Gasteiger partial charge in [-0.3, -0.25) is 19.5 Å². The van der Waals surface area contributed by atoms with Crippen molar-refractivity contribution in [1.29, 1.82) is 0 Å². The number of hydrogen-bond acceptors (Lipinski definition) is 10. The van der Waals surface area contributed by atoms with Crippen LogP contribution < -0.4 is 10.1 Å². The highest BCUT2D eigenvalue weighted by Gasteiger charge is 2.26. The number of H-pyrrole nitrogens is 1. The van der Waals surface area contributed by atoms with E-state index in [1.807, 2.05) is 70.8 Å². The number of nitrogens with zero attached hydrogens (tertiary/aromatic N) is 7. The molecule has 13 heteroatoms. The number of methoxy groups -OCH3 is 1. The lowest BCUT2D eigenvalue weighted by molar-refractivity contribution is -0.131. The van der Waals surface area contributed by atoms with Gasteiger partial charge in [0.2, 0.25) is 11.8 Å². The number of amides is 1. The minimum Gasteiger partial charge on any atom is -0.478 e. The van der Waals surface area contributed by atoms with Crippen molar-refractivity contribution in [2.45, 2.75) is 39.7 Å². The van der Waals surface area contributed by atoms with Gasteiger partial charge in [-0.25, -0.2) is 9.97 Å². The zero-order valence-corrected chi connectivity index (χ0v) is 31.1. The molecule has 0 spiro atoms. The molecule has 0 bridgehead atoms. The molecule has 2 aromatic carbocycles. The number of benzene rings is 2. The lowest BCUT2D eigenvalue weighted by Crippen LogP contribution is -2.41. The fraction of sp³-hybridized carbons (Fsp3) is 0.385. The van der Waals surface area contributed by atoms with Crippen LogP contribution >= 0.6 is 0 Å². The maximum absolute atomic E-state index is 12.6. The Balaban J connectivity index is 0.000000222. The molecule has 5 heterocycles. The monoisotopic (exact) mass is 709 g/mol. The number of aromatic amines is 1. The van der Waals surface area contributed by atoms with Crippen LogP contribution in [0, 0.1) is 0 Å². The lowest BCUT2D eigenvalue weighted by atomic mass is 9.98. The van der Waals surface area contributed by atoms with E-state index in [9.17, 15) is 4.79 Å². The molecule has 2 N–H and O–H groups in total. The van der Waals surface area contributed by atoms with E-state index in [-0.39, 0.29) is 12.0 Å². The molecule has 5 aromatic rings. The summed E-state index contributed by atoms with van der Waals surface area (Å²) in [6.07, 6.45) is 7.83. The van der Waals surface area contributed by atoms with E-state index in [1.54, 1.807) is 24.3 Å². The first-order valence-corrected chi connectivity index (χ1v) is 17.7. The van der Waals surface area contributed by atoms with Crippen LogP contribution in [0.5, 0.6) is 5.88 Å². The molecule has 2 aliphatic rings. The second-order valence-electron chi connectivity index (χ2n) is 11.9. The van der Waals surface area contributed by atoms with Gasteiger partial charge in [-0.1, -0.05) is 44.2 Å². The van der Waals surface area contributed by atoms with Crippen molar-refractivity contribution in [3.8, 4) is 28.5 Å². The third-order valence-corrected chi connectivity index (χ3v) is 8.75. The number of anilines is 1. The van der Waals surface area contributed by atoms with Crippen LogP contribution in [0.25, 0.3) is 39.1 Å². The number of ether oxygens (including phenoxy) is 2. The van der Waals surface area contributed by atoms with Crippen LogP contribution in [0.4, 0.5) is 5.69 Å². The van der Waals surface area contributed by atoms with Gasteiger partial charge in [0.1, 0.15) is 18.8 Å². The number of fused-ring (bicyclic) bond motifs is 1. The summed E-state index contributed by atoms with van der Waals surface area (Å²) in [7, 11) is 5.51. The number of aryl methyl sites for hydroxylation is 1.